The Hall–Kier alpha value is -4.13. The van der Waals surface area contributed by atoms with E-state index in [-0.39, 0.29) is 35.6 Å². The van der Waals surface area contributed by atoms with E-state index in [1.807, 2.05) is 12.2 Å². The van der Waals surface area contributed by atoms with Crippen molar-refractivity contribution < 1.29 is 22.3 Å². The number of benzene rings is 6. The monoisotopic (exact) mass is 836 g/mol. The van der Waals surface area contributed by atoms with Gasteiger partial charge in [0.15, 0.2) is 0 Å². The zero-order valence-electron chi connectivity index (χ0n) is 32.8. The van der Waals surface area contributed by atoms with Crippen molar-refractivity contribution in [1.29, 1.82) is 0 Å². The maximum atomic E-state index is 2.99. The summed E-state index contributed by atoms with van der Waals surface area (Å²) in [5, 5.41) is 5.49. The van der Waals surface area contributed by atoms with Gasteiger partial charge in [-0.25, -0.2) is 12.2 Å². The molecular weight excluding hydrogens is 787 g/mol. The van der Waals surface area contributed by atoms with Crippen molar-refractivity contribution >= 4 is 53.8 Å². The van der Waals surface area contributed by atoms with E-state index in [9.17, 15) is 0 Å². The molecule has 0 amide bonds. The Morgan fingerprint density at radius 3 is 1.24 bits per heavy atom. The molecule has 0 spiro atoms. The molecule has 0 N–H and O–H groups in total. The second kappa shape index (κ2) is 20.2. The molecule has 0 aromatic heterocycles. The van der Waals surface area contributed by atoms with Crippen LogP contribution in [0.15, 0.2) is 170 Å². The van der Waals surface area contributed by atoms with Crippen LogP contribution < -0.4 is 0 Å². The maximum absolute atomic E-state index is 2.99. The zero-order valence-corrected chi connectivity index (χ0v) is 36.9. The molecule has 0 aliphatic heterocycles. The first-order valence-corrected chi connectivity index (χ1v) is 21.5. The summed E-state index contributed by atoms with van der Waals surface area (Å²) >= 11 is -0.679. The van der Waals surface area contributed by atoms with E-state index in [1.165, 1.54) is 66.1 Å². The van der Waals surface area contributed by atoms with E-state index in [4.69, 9.17) is 0 Å². The Balaban J connectivity index is 0.000000214. The Labute approximate surface area is 352 Å². The van der Waals surface area contributed by atoms with Crippen molar-refractivity contribution in [2.24, 2.45) is 0 Å². The van der Waals surface area contributed by atoms with Crippen LogP contribution in [0.2, 0.25) is 0 Å². The minimum absolute atomic E-state index is 0. The van der Waals surface area contributed by atoms with Gasteiger partial charge < -0.3 is 0 Å². The van der Waals surface area contributed by atoms with Crippen LogP contribution in [-0.4, -0.2) is 7.42 Å². The van der Waals surface area contributed by atoms with Crippen LogP contribution in [0.4, 0.5) is 0 Å². The second-order valence-corrected chi connectivity index (χ2v) is 17.9. The van der Waals surface area contributed by atoms with Crippen LogP contribution in [0.25, 0.3) is 43.8 Å². The van der Waals surface area contributed by atoms with Crippen molar-refractivity contribution in [2.45, 2.75) is 58.8 Å². The number of fused-ring (bicyclic) bond motifs is 3. The first kappa shape index (κ1) is 43.6. The Morgan fingerprint density at radius 1 is 0.509 bits per heavy atom. The second-order valence-electron chi connectivity index (χ2n) is 15.7. The van der Waals surface area contributed by atoms with Gasteiger partial charge in [-0.05, 0) is 10.8 Å². The average molecular weight is 839 g/mol. The van der Waals surface area contributed by atoms with E-state index in [1.54, 1.807) is 0 Å². The van der Waals surface area contributed by atoms with Gasteiger partial charge in [-0.2, -0.15) is 6.08 Å². The van der Waals surface area contributed by atoms with E-state index in [0.717, 1.165) is 6.42 Å². The van der Waals surface area contributed by atoms with Gasteiger partial charge in [0, 0.05) is 0 Å². The Kier molecular flexibility index (Phi) is 16.0. The number of halogens is 2. The third kappa shape index (κ3) is 12.2. The summed E-state index contributed by atoms with van der Waals surface area (Å²) in [6.45, 7) is 13.7. The van der Waals surface area contributed by atoms with Crippen molar-refractivity contribution in [2.75, 3.05) is 0 Å². The molecule has 7 aromatic carbocycles. The molecule has 0 bridgehead atoms. The fraction of sp³-hybridized carbons (Fsp3) is 0.173. The molecule has 0 unspecified atom stereocenters. The molecule has 0 nitrogen and oxygen atoms in total. The average Bonchev–Trinajstić information content (AvgIpc) is 3.88. The molecule has 1 aliphatic carbocycles. The van der Waals surface area contributed by atoms with Crippen molar-refractivity contribution in [3.05, 3.63) is 198 Å². The molecule has 0 saturated carbocycles. The molecule has 1 aliphatic rings. The minimum atomic E-state index is -0.679. The van der Waals surface area contributed by atoms with Crippen molar-refractivity contribution in [1.82, 2.24) is 0 Å². The van der Waals surface area contributed by atoms with Crippen molar-refractivity contribution in [3.8, 4) is 22.3 Å². The molecule has 0 radical (unpaired) electrons. The van der Waals surface area contributed by atoms with Gasteiger partial charge in [0.2, 0.25) is 0 Å². The van der Waals surface area contributed by atoms with E-state index in [0.29, 0.717) is 0 Å². The number of hydrogen-bond donors (Lipinski definition) is 0. The molecule has 280 valence electrons. The summed E-state index contributed by atoms with van der Waals surface area (Å²) in [6.07, 6.45) is 10.0. The fourth-order valence-corrected chi connectivity index (χ4v) is 8.41. The summed E-state index contributed by atoms with van der Waals surface area (Å²) in [5.41, 5.74) is 11.0. The molecule has 55 heavy (non-hydrogen) atoms. The fourth-order valence-electron chi connectivity index (χ4n) is 6.31. The number of allylic oxidation sites excluding steroid dienone is 4. The number of hydrogen-bond acceptors (Lipinski definition) is 0. The van der Waals surface area contributed by atoms with Gasteiger partial charge in [0.05, 0.1) is 0 Å². The third-order valence-corrected chi connectivity index (χ3v) is 12.0. The molecule has 0 fully saturated rings. The zero-order chi connectivity index (χ0) is 37.3. The molecule has 0 atom stereocenters. The Morgan fingerprint density at radius 2 is 0.909 bits per heavy atom. The molecule has 0 heterocycles. The summed E-state index contributed by atoms with van der Waals surface area (Å²) < 4.78 is 4.87. The van der Waals surface area contributed by atoms with Gasteiger partial charge in [-0.3, -0.25) is 6.08 Å². The first-order valence-electron chi connectivity index (χ1n) is 18.6. The van der Waals surface area contributed by atoms with Gasteiger partial charge in [-0.1, -0.05) is 76.9 Å². The van der Waals surface area contributed by atoms with Gasteiger partial charge >= 0.3 is 172 Å². The quantitative estimate of drug-likeness (QED) is 0.155. The predicted octanol–water partition coefficient (Wildman–Crippen LogP) is 14.6. The van der Waals surface area contributed by atoms with Crippen molar-refractivity contribution in [3.63, 3.8) is 0 Å². The van der Waals surface area contributed by atoms with Crippen LogP contribution in [0.1, 0.15) is 70.2 Å². The van der Waals surface area contributed by atoms with Crippen LogP contribution in [0.3, 0.4) is 0 Å². The molecule has 8 rings (SSSR count). The SMILES string of the molecule is CC(C)(C)c1ccc2[cH-]c3ccc(C(C)(C)C)cc3c2c1.Cl.Cl.[C-]1=CC=CC1.[CH](=[Zr]=[CH]c1ccc(-c2ccccc2)cc1)c1ccc(-c2ccccc2)cc1. The van der Waals surface area contributed by atoms with E-state index >= 15 is 0 Å². The summed E-state index contributed by atoms with van der Waals surface area (Å²) in [7, 11) is 0. The summed E-state index contributed by atoms with van der Waals surface area (Å²) in [6, 6.07) is 55.0. The van der Waals surface area contributed by atoms with Crippen LogP contribution in [-0.2, 0) is 33.1 Å². The standard InChI is InChI=1S/C21H25.2C13H10.C5H5.2ClH.Zr/c1-20(2,3)16-9-7-14-11-15-8-10-17(21(4,5)6)13-19(15)18(14)12-16;2*1-11-7-9-13(10-8-11)12-5-3-2-4-6-12;1-2-4-5-3-1;;;/h7-13H,1-6H3;2*1-10H;1-3H,4H2;2*1H;/q-1;;;-1;;;. The Bertz CT molecular complexity index is 2210. The molecular formula is C52H52Cl2Zr-2. The first-order chi connectivity index (χ1) is 25.5. The predicted molar refractivity (Wildman–Crippen MR) is 245 cm³/mol. The van der Waals surface area contributed by atoms with Crippen LogP contribution >= 0.6 is 24.8 Å². The topological polar surface area (TPSA) is 0 Å². The molecule has 0 saturated heterocycles. The molecule has 7 aromatic rings. The van der Waals surface area contributed by atoms with Gasteiger partial charge in [0.25, 0.3) is 0 Å². The summed E-state index contributed by atoms with van der Waals surface area (Å²) in [4.78, 5) is 0. The van der Waals surface area contributed by atoms with Crippen LogP contribution in [0, 0.1) is 6.08 Å². The number of rotatable bonds is 4. The van der Waals surface area contributed by atoms with Gasteiger partial charge in [0.1, 0.15) is 0 Å². The van der Waals surface area contributed by atoms with E-state index in [2.05, 4.69) is 213 Å². The summed E-state index contributed by atoms with van der Waals surface area (Å²) in [5.74, 6) is 0. The van der Waals surface area contributed by atoms with E-state index < -0.39 is 22.3 Å². The van der Waals surface area contributed by atoms with Gasteiger partial charge in [-0.15, -0.1) is 71.0 Å². The van der Waals surface area contributed by atoms with Crippen LogP contribution in [0.5, 0.6) is 0 Å². The normalized spacial score (nSPS) is 11.6. The molecule has 3 heteroatoms. The third-order valence-electron chi connectivity index (χ3n) is 9.56.